The minimum atomic E-state index is -1.24. The summed E-state index contributed by atoms with van der Waals surface area (Å²) in [4.78, 5) is 50.9. The largest absolute Gasteiger partial charge is 0.479 e. The molecule has 1 aromatic rings. The highest BCUT2D eigenvalue weighted by atomic mass is 35.5. The number of primary amides is 1. The van der Waals surface area contributed by atoms with Gasteiger partial charge in [0.2, 0.25) is 11.8 Å². The van der Waals surface area contributed by atoms with E-state index in [2.05, 4.69) is 10.2 Å². The van der Waals surface area contributed by atoms with Gasteiger partial charge in [-0.15, -0.1) is 0 Å². The Kier molecular flexibility index (Phi) is 6.78. The lowest BCUT2D eigenvalue weighted by atomic mass is 10.1. The Hall–Kier alpha value is -2.85. The predicted octanol–water partition coefficient (Wildman–Crippen LogP) is -0.409. The molecule has 3 rings (SSSR count). The number of ether oxygens (including phenoxy) is 1. The molecule has 0 aromatic heterocycles. The fourth-order valence-corrected chi connectivity index (χ4v) is 3.65. The number of anilines is 1. The highest BCUT2D eigenvalue weighted by Gasteiger charge is 2.51. The third-order valence-corrected chi connectivity index (χ3v) is 5.39. The van der Waals surface area contributed by atoms with E-state index in [-0.39, 0.29) is 18.7 Å². The SMILES string of the molecule is NC(=O)CC[C@H](NC(=O)[C@H]1O[C@@H]1C(=O)O)C(=O)N1CCN(c2ccccc2Cl)CC1. The van der Waals surface area contributed by atoms with E-state index >= 15 is 0 Å². The quantitative estimate of drug-likeness (QED) is 0.467. The molecule has 2 fully saturated rings. The number of carbonyl (C=O) groups is 4. The van der Waals surface area contributed by atoms with E-state index in [4.69, 9.17) is 27.2 Å². The molecule has 2 aliphatic heterocycles. The molecule has 3 amide bonds. The first-order valence-electron chi connectivity index (χ1n) is 9.53. The zero-order valence-corrected chi connectivity index (χ0v) is 16.9. The molecule has 3 atom stereocenters. The van der Waals surface area contributed by atoms with Crippen LogP contribution in [0.15, 0.2) is 24.3 Å². The Morgan fingerprint density at radius 3 is 2.40 bits per heavy atom. The van der Waals surface area contributed by atoms with E-state index in [9.17, 15) is 19.2 Å². The Morgan fingerprint density at radius 2 is 1.83 bits per heavy atom. The van der Waals surface area contributed by atoms with Crippen LogP contribution >= 0.6 is 11.6 Å². The summed E-state index contributed by atoms with van der Waals surface area (Å²) in [6.07, 6.45) is -2.42. The molecule has 10 nitrogen and oxygen atoms in total. The Morgan fingerprint density at radius 1 is 1.17 bits per heavy atom. The molecule has 0 radical (unpaired) electrons. The number of carbonyl (C=O) groups excluding carboxylic acids is 3. The van der Waals surface area contributed by atoms with Crippen molar-refractivity contribution in [2.75, 3.05) is 31.1 Å². The number of aliphatic carboxylic acids is 1. The molecule has 30 heavy (non-hydrogen) atoms. The van der Waals surface area contributed by atoms with Gasteiger partial charge in [0, 0.05) is 32.6 Å². The van der Waals surface area contributed by atoms with E-state index in [1.807, 2.05) is 18.2 Å². The van der Waals surface area contributed by atoms with Gasteiger partial charge in [0.25, 0.3) is 5.91 Å². The number of carboxylic acids is 1. The highest BCUT2D eigenvalue weighted by molar-refractivity contribution is 6.33. The van der Waals surface area contributed by atoms with E-state index < -0.39 is 36.0 Å². The van der Waals surface area contributed by atoms with E-state index in [1.54, 1.807) is 11.0 Å². The topological polar surface area (TPSA) is 146 Å². The molecule has 1 aromatic carbocycles. The Labute approximate surface area is 177 Å². The van der Waals surface area contributed by atoms with Crippen LogP contribution in [-0.4, -0.2) is 78.1 Å². The van der Waals surface area contributed by atoms with E-state index in [0.717, 1.165) is 5.69 Å². The summed E-state index contributed by atoms with van der Waals surface area (Å²) in [7, 11) is 0. The molecule has 0 aliphatic carbocycles. The number of hydrogen-bond acceptors (Lipinski definition) is 6. The maximum absolute atomic E-state index is 13.0. The third kappa shape index (κ3) is 5.19. The van der Waals surface area contributed by atoms with Gasteiger partial charge in [-0.25, -0.2) is 4.79 Å². The standard InChI is InChI=1S/C19H23ClN4O6/c20-11-3-1-2-4-13(11)23-7-9-24(10-8-23)18(27)12(5-6-14(21)25)22-17(26)15-16(30-15)19(28)29/h1-4,12,15-16H,5-10H2,(H2,21,25)(H,22,26)(H,28,29)/t12-,15-,16-/m0/s1. The molecule has 0 saturated carbocycles. The summed E-state index contributed by atoms with van der Waals surface area (Å²) in [5, 5.41) is 12.0. The van der Waals surface area contributed by atoms with Crippen molar-refractivity contribution in [2.45, 2.75) is 31.1 Å². The lowest BCUT2D eigenvalue weighted by Gasteiger charge is -2.38. The molecule has 0 bridgehead atoms. The highest BCUT2D eigenvalue weighted by Crippen LogP contribution is 2.26. The number of para-hydroxylation sites is 1. The molecule has 2 saturated heterocycles. The van der Waals surface area contributed by atoms with E-state index in [1.165, 1.54) is 0 Å². The number of piperazine rings is 1. The summed E-state index contributed by atoms with van der Waals surface area (Å²) in [6, 6.07) is 6.45. The first kappa shape index (κ1) is 21.8. The normalized spacial score (nSPS) is 21.6. The van der Waals surface area contributed by atoms with Crippen molar-refractivity contribution < 1.29 is 29.0 Å². The van der Waals surface area contributed by atoms with Crippen LogP contribution in [0.25, 0.3) is 0 Å². The molecule has 2 aliphatic rings. The number of nitrogens with one attached hydrogen (secondary N) is 1. The van der Waals surface area contributed by atoms with Gasteiger partial charge in [-0.3, -0.25) is 14.4 Å². The lowest BCUT2D eigenvalue weighted by Crippen LogP contribution is -2.55. The maximum atomic E-state index is 13.0. The van der Waals surface area contributed by atoms with Crippen molar-refractivity contribution in [3.63, 3.8) is 0 Å². The second-order valence-corrected chi connectivity index (χ2v) is 7.55. The average molecular weight is 439 g/mol. The van der Waals surface area contributed by atoms with Crippen LogP contribution in [0, 0.1) is 0 Å². The molecular formula is C19H23ClN4O6. The molecular weight excluding hydrogens is 416 g/mol. The summed E-state index contributed by atoms with van der Waals surface area (Å²) in [6.45, 7) is 1.92. The summed E-state index contributed by atoms with van der Waals surface area (Å²) in [5.41, 5.74) is 6.07. The maximum Gasteiger partial charge on any atom is 0.336 e. The number of nitrogens with two attached hydrogens (primary N) is 1. The van der Waals surface area contributed by atoms with Crippen LogP contribution < -0.4 is 16.0 Å². The average Bonchev–Trinajstić information content (AvgIpc) is 3.52. The van der Waals surface area contributed by atoms with Gasteiger partial charge in [-0.05, 0) is 18.6 Å². The van der Waals surface area contributed by atoms with Gasteiger partial charge in [0.1, 0.15) is 6.04 Å². The molecule has 162 valence electrons. The van der Waals surface area contributed by atoms with Gasteiger partial charge >= 0.3 is 5.97 Å². The van der Waals surface area contributed by atoms with Crippen molar-refractivity contribution in [1.82, 2.24) is 10.2 Å². The van der Waals surface area contributed by atoms with Crippen LogP contribution in [-0.2, 0) is 23.9 Å². The smallest absolute Gasteiger partial charge is 0.336 e. The minimum Gasteiger partial charge on any atom is -0.479 e. The van der Waals surface area contributed by atoms with Crippen LogP contribution in [0.4, 0.5) is 5.69 Å². The van der Waals surface area contributed by atoms with Crippen LogP contribution in [0.3, 0.4) is 0 Å². The molecule has 4 N–H and O–H groups in total. The van der Waals surface area contributed by atoms with Crippen molar-refractivity contribution in [2.24, 2.45) is 5.73 Å². The van der Waals surface area contributed by atoms with Crippen molar-refractivity contribution in [3.8, 4) is 0 Å². The van der Waals surface area contributed by atoms with Gasteiger partial charge < -0.3 is 30.7 Å². The van der Waals surface area contributed by atoms with Crippen LogP contribution in [0.2, 0.25) is 5.02 Å². The first-order chi connectivity index (χ1) is 14.3. The predicted molar refractivity (Wildman–Crippen MR) is 107 cm³/mol. The number of amides is 3. The summed E-state index contributed by atoms with van der Waals surface area (Å²) in [5.74, 6) is -2.89. The number of halogens is 1. The van der Waals surface area contributed by atoms with Crippen LogP contribution in [0.1, 0.15) is 12.8 Å². The summed E-state index contributed by atoms with van der Waals surface area (Å²) < 4.78 is 4.82. The van der Waals surface area contributed by atoms with Gasteiger partial charge in [-0.1, -0.05) is 23.7 Å². The fraction of sp³-hybridized carbons (Fsp3) is 0.474. The van der Waals surface area contributed by atoms with E-state index in [0.29, 0.717) is 31.2 Å². The lowest BCUT2D eigenvalue weighted by molar-refractivity contribution is -0.138. The van der Waals surface area contributed by atoms with Gasteiger partial charge in [0.15, 0.2) is 12.2 Å². The molecule has 0 spiro atoms. The van der Waals surface area contributed by atoms with Crippen LogP contribution in [0.5, 0.6) is 0 Å². The molecule has 11 heteroatoms. The number of benzene rings is 1. The van der Waals surface area contributed by atoms with Crippen molar-refractivity contribution in [3.05, 3.63) is 29.3 Å². The van der Waals surface area contributed by atoms with Crippen molar-refractivity contribution >= 4 is 41.0 Å². The minimum absolute atomic E-state index is 0.0229. The number of hydrogen-bond donors (Lipinski definition) is 3. The number of nitrogens with zero attached hydrogens (tertiary/aromatic N) is 2. The summed E-state index contributed by atoms with van der Waals surface area (Å²) >= 11 is 6.24. The zero-order chi connectivity index (χ0) is 21.8. The Balaban J connectivity index is 1.60. The number of epoxide rings is 1. The zero-order valence-electron chi connectivity index (χ0n) is 16.1. The monoisotopic (exact) mass is 438 g/mol. The molecule has 0 unspecified atom stereocenters. The third-order valence-electron chi connectivity index (χ3n) is 5.07. The second-order valence-electron chi connectivity index (χ2n) is 7.15. The first-order valence-corrected chi connectivity index (χ1v) is 9.91. The van der Waals surface area contributed by atoms with Crippen molar-refractivity contribution in [1.29, 1.82) is 0 Å². The molecule has 2 heterocycles. The fourth-order valence-electron chi connectivity index (χ4n) is 3.39. The van der Waals surface area contributed by atoms with Gasteiger partial charge in [-0.2, -0.15) is 0 Å². The van der Waals surface area contributed by atoms with Gasteiger partial charge in [0.05, 0.1) is 10.7 Å². The Bertz CT molecular complexity index is 842. The second kappa shape index (κ2) is 9.31. The number of carboxylic acid groups (broad SMARTS) is 1. The number of rotatable bonds is 8.